The van der Waals surface area contributed by atoms with Crippen molar-refractivity contribution in [3.8, 4) is 0 Å². The van der Waals surface area contributed by atoms with E-state index >= 15 is 0 Å². The van der Waals surface area contributed by atoms with Crippen LogP contribution in [0.15, 0.2) is 0 Å². The molecule has 0 N–H and O–H groups in total. The third-order valence-electron chi connectivity index (χ3n) is 2.41. The van der Waals surface area contributed by atoms with Gasteiger partial charge in [0.25, 0.3) is 0 Å². The maximum Gasteiger partial charge on any atom is 0.0598 e. The second-order valence-corrected chi connectivity index (χ2v) is 6.07. The first-order valence-electron chi connectivity index (χ1n) is 5.35. The summed E-state index contributed by atoms with van der Waals surface area (Å²) >= 11 is 3.70. The van der Waals surface area contributed by atoms with Gasteiger partial charge in [-0.15, -0.1) is 0 Å². The molecule has 0 bridgehead atoms. The van der Waals surface area contributed by atoms with Crippen molar-refractivity contribution < 1.29 is 9.47 Å². The molecule has 0 aromatic heterocycles. The van der Waals surface area contributed by atoms with Gasteiger partial charge in [-0.3, -0.25) is 0 Å². The maximum absolute atomic E-state index is 5.70. The van der Waals surface area contributed by atoms with Crippen LogP contribution >= 0.6 is 15.9 Å². The zero-order chi connectivity index (χ0) is 10.6. The van der Waals surface area contributed by atoms with Crippen LogP contribution < -0.4 is 0 Å². The van der Waals surface area contributed by atoms with Gasteiger partial charge in [0.2, 0.25) is 0 Å². The molecule has 2 unspecified atom stereocenters. The lowest BCUT2D eigenvalue weighted by Crippen LogP contribution is -2.30. The monoisotopic (exact) mass is 264 g/mol. The normalized spacial score (nSPS) is 29.1. The van der Waals surface area contributed by atoms with E-state index in [2.05, 4.69) is 36.7 Å². The smallest absolute Gasteiger partial charge is 0.0598 e. The Morgan fingerprint density at radius 3 is 2.71 bits per heavy atom. The molecule has 0 spiro atoms. The highest BCUT2D eigenvalue weighted by Crippen LogP contribution is 2.25. The van der Waals surface area contributed by atoms with Crippen molar-refractivity contribution in [3.63, 3.8) is 0 Å². The summed E-state index contributed by atoms with van der Waals surface area (Å²) in [7, 11) is 0. The van der Waals surface area contributed by atoms with Crippen molar-refractivity contribution in [1.29, 1.82) is 0 Å². The van der Waals surface area contributed by atoms with Crippen molar-refractivity contribution >= 4 is 15.9 Å². The van der Waals surface area contributed by atoms with Crippen molar-refractivity contribution in [3.05, 3.63) is 0 Å². The molecule has 0 aromatic carbocycles. The molecule has 1 rings (SSSR count). The van der Waals surface area contributed by atoms with Crippen LogP contribution in [0.4, 0.5) is 0 Å². The van der Waals surface area contributed by atoms with Gasteiger partial charge in [0.05, 0.1) is 12.2 Å². The van der Waals surface area contributed by atoms with Gasteiger partial charge < -0.3 is 9.47 Å². The SMILES string of the molecule is CC(C)(C)OCCC1COCCC1Br. The molecule has 1 fully saturated rings. The first-order chi connectivity index (χ1) is 6.49. The van der Waals surface area contributed by atoms with E-state index in [4.69, 9.17) is 9.47 Å². The molecule has 0 aliphatic carbocycles. The average molecular weight is 265 g/mol. The van der Waals surface area contributed by atoms with Crippen LogP contribution in [-0.4, -0.2) is 30.2 Å². The quantitative estimate of drug-likeness (QED) is 0.730. The van der Waals surface area contributed by atoms with Crippen molar-refractivity contribution in [2.24, 2.45) is 5.92 Å². The highest BCUT2D eigenvalue weighted by Gasteiger charge is 2.23. The van der Waals surface area contributed by atoms with E-state index in [0.29, 0.717) is 10.7 Å². The Morgan fingerprint density at radius 2 is 2.14 bits per heavy atom. The first kappa shape index (κ1) is 12.5. The van der Waals surface area contributed by atoms with E-state index in [1.807, 2.05) is 0 Å². The third kappa shape index (κ3) is 4.76. The first-order valence-corrected chi connectivity index (χ1v) is 6.26. The Morgan fingerprint density at radius 1 is 1.43 bits per heavy atom. The van der Waals surface area contributed by atoms with Crippen LogP contribution in [0.3, 0.4) is 0 Å². The summed E-state index contributed by atoms with van der Waals surface area (Å²) in [4.78, 5) is 0.611. The summed E-state index contributed by atoms with van der Waals surface area (Å²) in [6.45, 7) is 8.89. The molecular formula is C11H21BrO2. The molecule has 3 heteroatoms. The molecule has 2 nitrogen and oxygen atoms in total. The van der Waals surface area contributed by atoms with Crippen LogP contribution in [0.1, 0.15) is 33.6 Å². The predicted octanol–water partition coefficient (Wildman–Crippen LogP) is 2.99. The summed E-state index contributed by atoms with van der Waals surface area (Å²) in [5.41, 5.74) is -0.0165. The van der Waals surface area contributed by atoms with Gasteiger partial charge in [-0.2, -0.15) is 0 Å². The van der Waals surface area contributed by atoms with Crippen LogP contribution in [0.2, 0.25) is 0 Å². The number of hydrogen-bond donors (Lipinski definition) is 0. The van der Waals surface area contributed by atoms with E-state index in [-0.39, 0.29) is 5.60 Å². The summed E-state index contributed by atoms with van der Waals surface area (Å²) < 4.78 is 11.2. The minimum atomic E-state index is -0.0165. The Balaban J connectivity index is 2.17. The van der Waals surface area contributed by atoms with E-state index < -0.39 is 0 Å². The molecule has 1 heterocycles. The molecule has 14 heavy (non-hydrogen) atoms. The van der Waals surface area contributed by atoms with E-state index in [1.165, 1.54) is 0 Å². The van der Waals surface area contributed by atoms with Gasteiger partial charge >= 0.3 is 0 Å². The minimum absolute atomic E-state index is 0.0165. The number of rotatable bonds is 3. The van der Waals surface area contributed by atoms with Gasteiger partial charge in [-0.25, -0.2) is 0 Å². The molecule has 2 atom stereocenters. The highest BCUT2D eigenvalue weighted by molar-refractivity contribution is 9.09. The molecule has 1 aliphatic rings. The lowest BCUT2D eigenvalue weighted by molar-refractivity contribution is -0.0215. The molecule has 0 saturated carbocycles. The van der Waals surface area contributed by atoms with Gasteiger partial charge in [-0.05, 0) is 39.5 Å². The van der Waals surface area contributed by atoms with E-state index in [9.17, 15) is 0 Å². The molecule has 1 saturated heterocycles. The topological polar surface area (TPSA) is 18.5 Å². The van der Waals surface area contributed by atoms with Crippen LogP contribution in [0.5, 0.6) is 0 Å². The second kappa shape index (κ2) is 5.47. The number of ether oxygens (including phenoxy) is 2. The fourth-order valence-electron chi connectivity index (χ4n) is 1.55. The maximum atomic E-state index is 5.70. The highest BCUT2D eigenvalue weighted by atomic mass is 79.9. The van der Waals surface area contributed by atoms with Crippen molar-refractivity contribution in [2.75, 3.05) is 19.8 Å². The van der Waals surface area contributed by atoms with Gasteiger partial charge in [0.15, 0.2) is 0 Å². The number of hydrogen-bond acceptors (Lipinski definition) is 2. The van der Waals surface area contributed by atoms with E-state index in [0.717, 1.165) is 32.7 Å². The lowest BCUT2D eigenvalue weighted by Gasteiger charge is -2.28. The average Bonchev–Trinajstić information content (AvgIpc) is 2.06. The van der Waals surface area contributed by atoms with Gasteiger partial charge in [0, 0.05) is 18.0 Å². The van der Waals surface area contributed by atoms with E-state index in [1.54, 1.807) is 0 Å². The molecule has 84 valence electrons. The molecular weight excluding hydrogens is 244 g/mol. The van der Waals surface area contributed by atoms with Crippen LogP contribution in [0, 0.1) is 5.92 Å². The zero-order valence-electron chi connectivity index (χ0n) is 9.38. The summed E-state index contributed by atoms with van der Waals surface area (Å²) in [5.74, 6) is 0.617. The van der Waals surface area contributed by atoms with Gasteiger partial charge in [-0.1, -0.05) is 15.9 Å². The molecule has 0 aromatic rings. The fraction of sp³-hybridized carbons (Fsp3) is 1.00. The fourth-order valence-corrected chi connectivity index (χ4v) is 2.16. The van der Waals surface area contributed by atoms with Crippen LogP contribution in [-0.2, 0) is 9.47 Å². The Kier molecular flexibility index (Phi) is 4.88. The molecule has 0 radical (unpaired) electrons. The predicted molar refractivity (Wildman–Crippen MR) is 62.0 cm³/mol. The number of alkyl halides is 1. The minimum Gasteiger partial charge on any atom is -0.381 e. The van der Waals surface area contributed by atoms with Gasteiger partial charge in [0.1, 0.15) is 0 Å². The number of halogens is 1. The van der Waals surface area contributed by atoms with Crippen LogP contribution in [0.25, 0.3) is 0 Å². The standard InChI is InChI=1S/C11H21BrO2/c1-11(2,3)14-7-4-9-8-13-6-5-10(9)12/h9-10H,4-8H2,1-3H3. The summed E-state index contributed by atoms with van der Waals surface area (Å²) in [5, 5.41) is 0. The molecule has 1 aliphatic heterocycles. The summed E-state index contributed by atoms with van der Waals surface area (Å²) in [6, 6.07) is 0. The van der Waals surface area contributed by atoms with Crippen molar-refractivity contribution in [2.45, 2.75) is 44.0 Å². The Hall–Kier alpha value is 0.400. The second-order valence-electron chi connectivity index (χ2n) is 4.89. The Labute approximate surface area is 95.5 Å². The largest absolute Gasteiger partial charge is 0.381 e. The zero-order valence-corrected chi connectivity index (χ0v) is 11.0. The lowest BCUT2D eigenvalue weighted by atomic mass is 9.99. The Bertz CT molecular complexity index is 165. The molecule has 0 amide bonds. The summed E-state index contributed by atoms with van der Waals surface area (Å²) in [6.07, 6.45) is 2.22. The van der Waals surface area contributed by atoms with Crippen molar-refractivity contribution in [1.82, 2.24) is 0 Å². The third-order valence-corrected chi connectivity index (χ3v) is 3.61.